The standard InChI is InChI=1S/C16H16N2O2/c1-4-20-16(19)15-12(2)17-14(18(15)3)11-10-13-8-6-5-7-9-13/h5-9H,4H2,1-3H3. The monoisotopic (exact) mass is 268 g/mol. The quantitative estimate of drug-likeness (QED) is 0.620. The fourth-order valence-corrected chi connectivity index (χ4v) is 1.88. The van der Waals surface area contributed by atoms with Gasteiger partial charge in [0.2, 0.25) is 0 Å². The molecular formula is C16H16N2O2. The van der Waals surface area contributed by atoms with Gasteiger partial charge in [0, 0.05) is 12.6 Å². The van der Waals surface area contributed by atoms with E-state index >= 15 is 0 Å². The molecule has 0 unspecified atom stereocenters. The van der Waals surface area contributed by atoms with Gasteiger partial charge in [0.15, 0.2) is 11.5 Å². The minimum atomic E-state index is -0.368. The molecule has 102 valence electrons. The Morgan fingerprint density at radius 2 is 2.00 bits per heavy atom. The third-order valence-corrected chi connectivity index (χ3v) is 2.83. The molecule has 0 atom stereocenters. The van der Waals surface area contributed by atoms with Crippen molar-refractivity contribution in [3.05, 3.63) is 53.1 Å². The number of carbonyl (C=O) groups is 1. The van der Waals surface area contributed by atoms with Crippen LogP contribution >= 0.6 is 0 Å². The highest BCUT2D eigenvalue weighted by atomic mass is 16.5. The molecule has 0 saturated heterocycles. The highest BCUT2D eigenvalue weighted by Gasteiger charge is 2.18. The summed E-state index contributed by atoms with van der Waals surface area (Å²) in [6, 6.07) is 9.65. The Bertz CT molecular complexity index is 676. The predicted octanol–water partition coefficient (Wildman–Crippen LogP) is 2.31. The van der Waals surface area contributed by atoms with E-state index < -0.39 is 0 Å². The maximum absolute atomic E-state index is 11.8. The Hall–Kier alpha value is -2.54. The summed E-state index contributed by atoms with van der Waals surface area (Å²) >= 11 is 0. The summed E-state index contributed by atoms with van der Waals surface area (Å²) in [6.07, 6.45) is 0. The van der Waals surface area contributed by atoms with Crippen LogP contribution in [0.2, 0.25) is 0 Å². The van der Waals surface area contributed by atoms with Crippen LogP contribution in [0.4, 0.5) is 0 Å². The molecule has 0 aliphatic carbocycles. The molecule has 0 N–H and O–H groups in total. The number of rotatable bonds is 2. The normalized spacial score (nSPS) is 9.75. The van der Waals surface area contributed by atoms with Crippen LogP contribution in [-0.2, 0) is 11.8 Å². The Balaban J connectivity index is 2.34. The van der Waals surface area contributed by atoms with Crippen LogP contribution in [0.3, 0.4) is 0 Å². The first-order chi connectivity index (χ1) is 9.63. The van der Waals surface area contributed by atoms with E-state index in [1.54, 1.807) is 25.5 Å². The number of nitrogens with zero attached hydrogens (tertiary/aromatic N) is 2. The van der Waals surface area contributed by atoms with Crippen molar-refractivity contribution in [3.8, 4) is 11.8 Å². The van der Waals surface area contributed by atoms with E-state index in [0.717, 1.165) is 5.56 Å². The van der Waals surface area contributed by atoms with Gasteiger partial charge in [0.1, 0.15) is 0 Å². The van der Waals surface area contributed by atoms with Crippen molar-refractivity contribution >= 4 is 5.97 Å². The van der Waals surface area contributed by atoms with E-state index in [4.69, 9.17) is 4.74 Å². The summed E-state index contributed by atoms with van der Waals surface area (Å²) in [5.74, 6) is 6.19. The maximum Gasteiger partial charge on any atom is 0.356 e. The lowest BCUT2D eigenvalue weighted by Gasteiger charge is -2.03. The average molecular weight is 268 g/mol. The molecular weight excluding hydrogens is 252 g/mol. The highest BCUT2D eigenvalue weighted by Crippen LogP contribution is 2.10. The Labute approximate surface area is 118 Å². The first-order valence-electron chi connectivity index (χ1n) is 6.41. The van der Waals surface area contributed by atoms with Crippen LogP contribution in [0, 0.1) is 18.8 Å². The van der Waals surface area contributed by atoms with Gasteiger partial charge in [0.25, 0.3) is 0 Å². The van der Waals surface area contributed by atoms with Crippen molar-refractivity contribution in [2.24, 2.45) is 7.05 Å². The molecule has 2 rings (SSSR count). The number of hydrogen-bond acceptors (Lipinski definition) is 3. The van der Waals surface area contributed by atoms with Crippen LogP contribution < -0.4 is 0 Å². The van der Waals surface area contributed by atoms with Crippen molar-refractivity contribution in [2.45, 2.75) is 13.8 Å². The van der Waals surface area contributed by atoms with Gasteiger partial charge in [-0.15, -0.1) is 0 Å². The zero-order valence-electron chi connectivity index (χ0n) is 11.8. The van der Waals surface area contributed by atoms with Crippen molar-refractivity contribution in [3.63, 3.8) is 0 Å². The molecule has 1 heterocycles. The number of ether oxygens (including phenoxy) is 1. The topological polar surface area (TPSA) is 44.1 Å². The zero-order valence-corrected chi connectivity index (χ0v) is 11.8. The summed E-state index contributed by atoms with van der Waals surface area (Å²) in [7, 11) is 1.77. The Morgan fingerprint density at radius 1 is 1.30 bits per heavy atom. The highest BCUT2D eigenvalue weighted by molar-refractivity contribution is 5.89. The lowest BCUT2D eigenvalue weighted by Crippen LogP contribution is -2.11. The molecule has 2 aromatic rings. The number of aryl methyl sites for hydroxylation is 1. The first kappa shape index (κ1) is 13.9. The molecule has 0 radical (unpaired) electrons. The van der Waals surface area contributed by atoms with Crippen LogP contribution in [0.5, 0.6) is 0 Å². The predicted molar refractivity (Wildman–Crippen MR) is 76.3 cm³/mol. The smallest absolute Gasteiger partial charge is 0.356 e. The molecule has 1 aromatic carbocycles. The third-order valence-electron chi connectivity index (χ3n) is 2.83. The van der Waals surface area contributed by atoms with E-state index in [1.165, 1.54) is 0 Å². The number of aromatic nitrogens is 2. The summed E-state index contributed by atoms with van der Waals surface area (Å²) < 4.78 is 6.69. The second kappa shape index (κ2) is 6.07. The second-order valence-corrected chi connectivity index (χ2v) is 4.26. The average Bonchev–Trinajstić information content (AvgIpc) is 2.72. The Kier molecular flexibility index (Phi) is 4.21. The summed E-state index contributed by atoms with van der Waals surface area (Å²) in [5, 5.41) is 0. The molecule has 0 aliphatic rings. The molecule has 0 saturated carbocycles. The number of carbonyl (C=O) groups excluding carboxylic acids is 1. The summed E-state index contributed by atoms with van der Waals surface area (Å²) in [4.78, 5) is 16.2. The molecule has 0 fully saturated rings. The largest absolute Gasteiger partial charge is 0.461 e. The van der Waals surface area contributed by atoms with Crippen LogP contribution in [0.15, 0.2) is 30.3 Å². The van der Waals surface area contributed by atoms with Crippen molar-refractivity contribution in [1.29, 1.82) is 0 Å². The molecule has 4 nitrogen and oxygen atoms in total. The zero-order chi connectivity index (χ0) is 14.5. The van der Waals surface area contributed by atoms with Crippen LogP contribution in [-0.4, -0.2) is 22.1 Å². The van der Waals surface area contributed by atoms with Gasteiger partial charge < -0.3 is 9.30 Å². The molecule has 0 bridgehead atoms. The first-order valence-corrected chi connectivity index (χ1v) is 6.41. The van der Waals surface area contributed by atoms with Gasteiger partial charge in [-0.3, -0.25) is 0 Å². The number of hydrogen-bond donors (Lipinski definition) is 0. The summed E-state index contributed by atoms with van der Waals surface area (Å²) in [5.41, 5.74) is 1.98. The van der Waals surface area contributed by atoms with E-state index in [2.05, 4.69) is 16.8 Å². The van der Waals surface area contributed by atoms with Crippen molar-refractivity contribution in [2.75, 3.05) is 6.61 Å². The lowest BCUT2D eigenvalue weighted by atomic mass is 10.2. The Morgan fingerprint density at radius 3 is 2.65 bits per heavy atom. The molecule has 1 aromatic heterocycles. The van der Waals surface area contributed by atoms with E-state index in [9.17, 15) is 4.79 Å². The number of esters is 1. The van der Waals surface area contributed by atoms with E-state index in [1.807, 2.05) is 30.3 Å². The van der Waals surface area contributed by atoms with Crippen LogP contribution in [0.25, 0.3) is 0 Å². The minimum absolute atomic E-state index is 0.342. The summed E-state index contributed by atoms with van der Waals surface area (Å²) in [6.45, 7) is 3.90. The lowest BCUT2D eigenvalue weighted by molar-refractivity contribution is 0.0514. The van der Waals surface area contributed by atoms with Gasteiger partial charge in [-0.05, 0) is 31.9 Å². The number of benzene rings is 1. The van der Waals surface area contributed by atoms with E-state index in [0.29, 0.717) is 23.8 Å². The second-order valence-electron chi connectivity index (χ2n) is 4.26. The fraction of sp³-hybridized carbons (Fsp3) is 0.250. The fourth-order valence-electron chi connectivity index (χ4n) is 1.88. The van der Waals surface area contributed by atoms with Gasteiger partial charge >= 0.3 is 5.97 Å². The SMILES string of the molecule is CCOC(=O)c1c(C)nc(C#Cc2ccccc2)n1C. The van der Waals surface area contributed by atoms with Crippen molar-refractivity contribution < 1.29 is 9.53 Å². The van der Waals surface area contributed by atoms with Crippen molar-refractivity contribution in [1.82, 2.24) is 9.55 Å². The number of imidazole rings is 1. The third kappa shape index (κ3) is 2.89. The van der Waals surface area contributed by atoms with Gasteiger partial charge in [-0.1, -0.05) is 24.1 Å². The van der Waals surface area contributed by atoms with E-state index in [-0.39, 0.29) is 5.97 Å². The molecule has 0 aliphatic heterocycles. The molecule has 0 amide bonds. The van der Waals surface area contributed by atoms with Crippen LogP contribution in [0.1, 0.15) is 34.5 Å². The minimum Gasteiger partial charge on any atom is -0.461 e. The van der Waals surface area contributed by atoms with Gasteiger partial charge in [0.05, 0.1) is 12.3 Å². The maximum atomic E-state index is 11.8. The molecule has 20 heavy (non-hydrogen) atoms. The van der Waals surface area contributed by atoms with Gasteiger partial charge in [-0.25, -0.2) is 9.78 Å². The molecule has 4 heteroatoms. The molecule has 0 spiro atoms. The van der Waals surface area contributed by atoms with Gasteiger partial charge in [-0.2, -0.15) is 0 Å².